The molecule has 86 valence electrons. The Morgan fingerprint density at radius 3 is 2.25 bits per heavy atom. The van der Waals surface area contributed by atoms with Crippen molar-refractivity contribution in [2.45, 2.75) is 19.4 Å². The van der Waals surface area contributed by atoms with Crippen molar-refractivity contribution >= 4 is 5.69 Å². The summed E-state index contributed by atoms with van der Waals surface area (Å²) in [5.41, 5.74) is 4.53. The van der Waals surface area contributed by atoms with E-state index >= 15 is 0 Å². The van der Waals surface area contributed by atoms with Crippen LogP contribution in [0, 0.1) is 23.0 Å². The van der Waals surface area contributed by atoms with E-state index in [0.29, 0.717) is 0 Å². The van der Waals surface area contributed by atoms with Gasteiger partial charge in [0, 0.05) is 12.1 Å². The third-order valence-corrected chi connectivity index (χ3v) is 2.14. The number of hydrogen-bond acceptors (Lipinski definition) is 3. The summed E-state index contributed by atoms with van der Waals surface area (Å²) in [5, 5.41) is 11.2. The maximum absolute atomic E-state index is 13.5. The third-order valence-electron chi connectivity index (χ3n) is 2.14. The van der Waals surface area contributed by atoms with Crippen molar-refractivity contribution in [1.29, 1.82) is 5.26 Å². The van der Waals surface area contributed by atoms with Gasteiger partial charge in [-0.15, -0.1) is 0 Å². The van der Waals surface area contributed by atoms with Gasteiger partial charge in [-0.2, -0.15) is 5.26 Å². The van der Waals surface area contributed by atoms with Gasteiger partial charge in [-0.3, -0.25) is 0 Å². The lowest BCUT2D eigenvalue weighted by atomic mass is 10.0. The van der Waals surface area contributed by atoms with E-state index in [2.05, 4.69) is 5.32 Å². The first-order valence-corrected chi connectivity index (χ1v) is 4.77. The Morgan fingerprint density at radius 2 is 1.88 bits per heavy atom. The summed E-state index contributed by atoms with van der Waals surface area (Å²) in [5.74, 6) is -1.59. The maximum Gasteiger partial charge on any atom is 0.150 e. The van der Waals surface area contributed by atoms with Crippen molar-refractivity contribution in [2.24, 2.45) is 5.73 Å². The number of benzene rings is 1. The van der Waals surface area contributed by atoms with Crippen LogP contribution < -0.4 is 11.1 Å². The van der Waals surface area contributed by atoms with E-state index in [1.54, 1.807) is 19.9 Å². The van der Waals surface area contributed by atoms with Crippen molar-refractivity contribution in [1.82, 2.24) is 0 Å². The highest BCUT2D eigenvalue weighted by Crippen LogP contribution is 2.23. The van der Waals surface area contributed by atoms with Crippen molar-refractivity contribution in [2.75, 3.05) is 11.9 Å². The van der Waals surface area contributed by atoms with E-state index in [1.807, 2.05) is 0 Å². The first-order chi connectivity index (χ1) is 7.39. The fourth-order valence-electron chi connectivity index (χ4n) is 1.15. The summed E-state index contributed by atoms with van der Waals surface area (Å²) in [6.07, 6.45) is 0. The number of nitrogens with zero attached hydrogens (tertiary/aromatic N) is 1. The Labute approximate surface area is 92.9 Å². The van der Waals surface area contributed by atoms with Crippen molar-refractivity contribution < 1.29 is 8.78 Å². The van der Waals surface area contributed by atoms with Gasteiger partial charge in [-0.05, 0) is 26.0 Å². The number of hydrogen-bond donors (Lipinski definition) is 2. The van der Waals surface area contributed by atoms with Gasteiger partial charge in [0.05, 0.1) is 11.6 Å². The number of halogens is 2. The third kappa shape index (κ3) is 2.67. The molecule has 0 unspecified atom stereocenters. The van der Waals surface area contributed by atoms with Gasteiger partial charge in [-0.1, -0.05) is 0 Å². The highest BCUT2D eigenvalue weighted by Gasteiger charge is 2.20. The van der Waals surface area contributed by atoms with E-state index in [0.717, 1.165) is 12.1 Å². The average Bonchev–Trinajstić information content (AvgIpc) is 2.23. The summed E-state index contributed by atoms with van der Waals surface area (Å²) in [4.78, 5) is 0. The Bertz CT molecular complexity index is 412. The predicted molar refractivity (Wildman–Crippen MR) is 57.8 cm³/mol. The first kappa shape index (κ1) is 12.4. The Hall–Kier alpha value is -1.67. The lowest BCUT2D eigenvalue weighted by molar-refractivity contribution is 0.542. The number of anilines is 1. The second kappa shape index (κ2) is 4.45. The normalized spacial score (nSPS) is 11.0. The average molecular weight is 225 g/mol. The molecule has 3 nitrogen and oxygen atoms in total. The maximum atomic E-state index is 13.5. The van der Waals surface area contributed by atoms with Crippen molar-refractivity contribution in [3.8, 4) is 6.07 Å². The van der Waals surface area contributed by atoms with Gasteiger partial charge >= 0.3 is 0 Å². The van der Waals surface area contributed by atoms with Gasteiger partial charge in [0.1, 0.15) is 5.69 Å². The number of nitrogens with two attached hydrogens (primary N) is 1. The molecule has 16 heavy (non-hydrogen) atoms. The van der Waals surface area contributed by atoms with Gasteiger partial charge in [-0.25, -0.2) is 8.78 Å². The number of nitrogens with one attached hydrogen (secondary N) is 1. The largest absolute Gasteiger partial charge is 0.374 e. The van der Waals surface area contributed by atoms with E-state index in [9.17, 15) is 8.78 Å². The van der Waals surface area contributed by atoms with Crippen LogP contribution in [0.4, 0.5) is 14.5 Å². The summed E-state index contributed by atoms with van der Waals surface area (Å²) in [7, 11) is 0. The summed E-state index contributed by atoms with van der Waals surface area (Å²) >= 11 is 0. The molecule has 0 heterocycles. The number of rotatable bonds is 3. The van der Waals surface area contributed by atoms with Crippen LogP contribution in [0.1, 0.15) is 19.4 Å². The lowest BCUT2D eigenvalue weighted by Gasteiger charge is -2.26. The zero-order valence-corrected chi connectivity index (χ0v) is 9.14. The molecule has 0 fully saturated rings. The SMILES string of the molecule is CC(C)(CN)Nc1c(F)cc(C#N)cc1F. The van der Waals surface area contributed by atoms with Crippen molar-refractivity contribution in [3.05, 3.63) is 29.3 Å². The Balaban J connectivity index is 3.12. The zero-order chi connectivity index (χ0) is 12.3. The molecule has 5 heteroatoms. The second-order valence-corrected chi connectivity index (χ2v) is 4.14. The lowest BCUT2D eigenvalue weighted by Crippen LogP contribution is -2.39. The van der Waals surface area contributed by atoms with Crippen LogP contribution in [0.25, 0.3) is 0 Å². The minimum absolute atomic E-state index is 0.0499. The fraction of sp³-hybridized carbons (Fsp3) is 0.364. The van der Waals surface area contributed by atoms with Crippen LogP contribution in [-0.4, -0.2) is 12.1 Å². The van der Waals surface area contributed by atoms with Crippen LogP contribution >= 0.6 is 0 Å². The van der Waals surface area contributed by atoms with Crippen LogP contribution in [-0.2, 0) is 0 Å². The molecule has 0 aromatic heterocycles. The van der Waals surface area contributed by atoms with Crippen LogP contribution in [0.3, 0.4) is 0 Å². The van der Waals surface area contributed by atoms with Gasteiger partial charge in [0.25, 0.3) is 0 Å². The van der Waals surface area contributed by atoms with Crippen LogP contribution in [0.15, 0.2) is 12.1 Å². The molecule has 1 rings (SSSR count). The molecule has 0 aliphatic rings. The summed E-state index contributed by atoms with van der Waals surface area (Å²) in [6.45, 7) is 3.68. The molecule has 0 radical (unpaired) electrons. The van der Waals surface area contributed by atoms with Crippen LogP contribution in [0.2, 0.25) is 0 Å². The van der Waals surface area contributed by atoms with Crippen LogP contribution in [0.5, 0.6) is 0 Å². The molecular formula is C11H13F2N3. The molecule has 3 N–H and O–H groups in total. The Kier molecular flexibility index (Phi) is 3.45. The highest BCUT2D eigenvalue weighted by atomic mass is 19.1. The molecule has 1 aromatic rings. The second-order valence-electron chi connectivity index (χ2n) is 4.14. The number of nitriles is 1. The predicted octanol–water partition coefficient (Wildman–Crippen LogP) is 1.99. The van der Waals surface area contributed by atoms with Gasteiger partial charge in [0.2, 0.25) is 0 Å². The molecule has 0 bridgehead atoms. The molecule has 1 aromatic carbocycles. The van der Waals surface area contributed by atoms with Crippen molar-refractivity contribution in [3.63, 3.8) is 0 Å². The smallest absolute Gasteiger partial charge is 0.150 e. The summed E-state index contributed by atoms with van der Waals surface area (Å²) in [6, 6.07) is 3.65. The minimum Gasteiger partial charge on any atom is -0.374 e. The molecule has 0 spiro atoms. The standard InChI is InChI=1S/C11H13F2N3/c1-11(2,6-15)16-10-8(12)3-7(5-14)4-9(10)13/h3-4,16H,6,15H2,1-2H3. The van der Waals surface area contributed by atoms with E-state index in [-0.39, 0.29) is 17.8 Å². The molecule has 0 saturated heterocycles. The first-order valence-electron chi connectivity index (χ1n) is 4.77. The monoisotopic (exact) mass is 225 g/mol. The van der Waals surface area contributed by atoms with E-state index in [1.165, 1.54) is 0 Å². The highest BCUT2D eigenvalue weighted by molar-refractivity contribution is 5.51. The molecule has 0 aliphatic heterocycles. The molecule has 0 atom stereocenters. The van der Waals surface area contributed by atoms with Gasteiger partial charge < -0.3 is 11.1 Å². The topological polar surface area (TPSA) is 61.8 Å². The molecule has 0 aliphatic carbocycles. The summed E-state index contributed by atoms with van der Waals surface area (Å²) < 4.78 is 26.9. The molecular weight excluding hydrogens is 212 g/mol. The quantitative estimate of drug-likeness (QED) is 0.826. The minimum atomic E-state index is -0.793. The fourth-order valence-corrected chi connectivity index (χ4v) is 1.15. The molecule has 0 amide bonds. The Morgan fingerprint density at radius 1 is 1.38 bits per heavy atom. The van der Waals surface area contributed by atoms with E-state index in [4.69, 9.17) is 11.0 Å². The van der Waals surface area contributed by atoms with E-state index < -0.39 is 17.2 Å². The van der Waals surface area contributed by atoms with Gasteiger partial charge in [0.15, 0.2) is 11.6 Å². The zero-order valence-electron chi connectivity index (χ0n) is 9.14. The molecule has 0 saturated carbocycles.